The Morgan fingerprint density at radius 1 is 1.28 bits per heavy atom. The van der Waals surface area contributed by atoms with Gasteiger partial charge in [0.2, 0.25) is 0 Å². The van der Waals surface area contributed by atoms with Crippen molar-refractivity contribution in [1.29, 1.82) is 0 Å². The molecule has 0 fully saturated rings. The second-order valence-electron chi connectivity index (χ2n) is 4.85. The van der Waals surface area contributed by atoms with E-state index in [9.17, 15) is 0 Å². The molecule has 1 aliphatic rings. The molecule has 0 amide bonds. The summed E-state index contributed by atoms with van der Waals surface area (Å²) in [5.41, 5.74) is 2.83. The van der Waals surface area contributed by atoms with Crippen LogP contribution in [0.15, 0.2) is 24.3 Å². The van der Waals surface area contributed by atoms with Gasteiger partial charge in [-0.3, -0.25) is 0 Å². The van der Waals surface area contributed by atoms with E-state index in [2.05, 4.69) is 50.4 Å². The number of anilines is 1. The predicted molar refractivity (Wildman–Crippen MR) is 79.3 cm³/mol. The standard InChI is InChI=1S/C14H21NO.C2H6/c1-4-16-10-14(11(2)3)9-15-13-8-6-5-7-12(13)14;1-2/h5-8,11,15H,4,9-10H2,1-3H3;1-2H3. The van der Waals surface area contributed by atoms with Gasteiger partial charge < -0.3 is 10.1 Å². The van der Waals surface area contributed by atoms with Gasteiger partial charge in [0, 0.05) is 24.3 Å². The van der Waals surface area contributed by atoms with E-state index in [0.29, 0.717) is 5.92 Å². The first-order valence-electron chi connectivity index (χ1n) is 7.12. The van der Waals surface area contributed by atoms with E-state index in [1.807, 2.05) is 13.8 Å². The lowest BCUT2D eigenvalue weighted by atomic mass is 9.74. The van der Waals surface area contributed by atoms with Crippen LogP contribution < -0.4 is 5.32 Å². The topological polar surface area (TPSA) is 21.3 Å². The van der Waals surface area contributed by atoms with Crippen LogP contribution in [-0.2, 0) is 10.2 Å². The largest absolute Gasteiger partial charge is 0.384 e. The summed E-state index contributed by atoms with van der Waals surface area (Å²) >= 11 is 0. The molecule has 1 aromatic carbocycles. The van der Waals surface area contributed by atoms with Crippen molar-refractivity contribution in [2.45, 2.75) is 40.0 Å². The van der Waals surface area contributed by atoms with Crippen LogP contribution in [-0.4, -0.2) is 19.8 Å². The smallest absolute Gasteiger partial charge is 0.0583 e. The molecule has 0 radical (unpaired) electrons. The Balaban J connectivity index is 0.000000771. The fourth-order valence-corrected chi connectivity index (χ4v) is 2.51. The normalized spacial score (nSPS) is 21.0. The maximum absolute atomic E-state index is 5.70. The Bertz CT molecular complexity index is 362. The number of para-hydroxylation sites is 1. The number of benzene rings is 1. The maximum Gasteiger partial charge on any atom is 0.0583 e. The molecule has 18 heavy (non-hydrogen) atoms. The molecule has 0 bridgehead atoms. The van der Waals surface area contributed by atoms with Crippen LogP contribution in [0.2, 0.25) is 0 Å². The summed E-state index contributed by atoms with van der Waals surface area (Å²) in [7, 11) is 0. The fourth-order valence-electron chi connectivity index (χ4n) is 2.51. The predicted octanol–water partition coefficient (Wildman–Crippen LogP) is 4.07. The molecule has 0 aromatic heterocycles. The van der Waals surface area contributed by atoms with E-state index in [0.717, 1.165) is 19.8 Å². The van der Waals surface area contributed by atoms with Gasteiger partial charge in [-0.15, -0.1) is 0 Å². The van der Waals surface area contributed by atoms with Crippen molar-refractivity contribution in [2.75, 3.05) is 25.1 Å². The summed E-state index contributed by atoms with van der Waals surface area (Å²) in [5, 5.41) is 3.50. The summed E-state index contributed by atoms with van der Waals surface area (Å²) in [6.07, 6.45) is 0. The van der Waals surface area contributed by atoms with Gasteiger partial charge in [-0.2, -0.15) is 0 Å². The number of hydrogen-bond donors (Lipinski definition) is 1. The highest BCUT2D eigenvalue weighted by molar-refractivity contribution is 5.60. The Morgan fingerprint density at radius 3 is 2.56 bits per heavy atom. The Hall–Kier alpha value is -1.02. The van der Waals surface area contributed by atoms with Gasteiger partial charge in [0.1, 0.15) is 0 Å². The van der Waals surface area contributed by atoms with Crippen molar-refractivity contribution in [3.05, 3.63) is 29.8 Å². The molecule has 1 atom stereocenters. The molecular formula is C16H27NO. The highest BCUT2D eigenvalue weighted by atomic mass is 16.5. The molecular weight excluding hydrogens is 222 g/mol. The van der Waals surface area contributed by atoms with Gasteiger partial charge in [-0.1, -0.05) is 45.9 Å². The van der Waals surface area contributed by atoms with Gasteiger partial charge >= 0.3 is 0 Å². The average Bonchev–Trinajstić information content (AvgIpc) is 2.79. The van der Waals surface area contributed by atoms with Crippen molar-refractivity contribution in [1.82, 2.24) is 0 Å². The third kappa shape index (κ3) is 2.69. The SMILES string of the molecule is CC.CCOCC1(C(C)C)CNc2ccccc21. The molecule has 102 valence electrons. The molecule has 1 N–H and O–H groups in total. The van der Waals surface area contributed by atoms with E-state index in [4.69, 9.17) is 4.74 Å². The number of fused-ring (bicyclic) bond motifs is 1. The molecule has 1 aromatic rings. The summed E-state index contributed by atoms with van der Waals surface area (Å²) in [5.74, 6) is 0.579. The van der Waals surface area contributed by atoms with E-state index in [1.165, 1.54) is 11.3 Å². The lowest BCUT2D eigenvalue weighted by Gasteiger charge is -2.33. The summed E-state index contributed by atoms with van der Waals surface area (Å²) < 4.78 is 5.70. The Kier molecular flexibility index (Phi) is 5.67. The summed E-state index contributed by atoms with van der Waals surface area (Å²) in [4.78, 5) is 0. The van der Waals surface area contributed by atoms with Crippen LogP contribution in [0.3, 0.4) is 0 Å². The van der Waals surface area contributed by atoms with Crippen molar-refractivity contribution in [3.63, 3.8) is 0 Å². The van der Waals surface area contributed by atoms with Crippen LogP contribution in [0, 0.1) is 5.92 Å². The zero-order valence-electron chi connectivity index (χ0n) is 12.4. The molecule has 1 unspecified atom stereocenters. The van der Waals surface area contributed by atoms with Crippen LogP contribution in [0.5, 0.6) is 0 Å². The number of hydrogen-bond acceptors (Lipinski definition) is 2. The van der Waals surface area contributed by atoms with Gasteiger partial charge in [0.05, 0.1) is 6.61 Å². The van der Waals surface area contributed by atoms with Gasteiger partial charge in [0.15, 0.2) is 0 Å². The van der Waals surface area contributed by atoms with Gasteiger partial charge in [-0.25, -0.2) is 0 Å². The van der Waals surface area contributed by atoms with Gasteiger partial charge in [0.25, 0.3) is 0 Å². The Labute approximate surface area is 112 Å². The third-order valence-corrected chi connectivity index (χ3v) is 3.73. The highest BCUT2D eigenvalue weighted by Gasteiger charge is 2.41. The quantitative estimate of drug-likeness (QED) is 0.868. The van der Waals surface area contributed by atoms with Crippen molar-refractivity contribution >= 4 is 5.69 Å². The molecule has 0 spiro atoms. The van der Waals surface area contributed by atoms with Crippen molar-refractivity contribution < 1.29 is 4.74 Å². The lowest BCUT2D eigenvalue weighted by Crippen LogP contribution is -2.39. The van der Waals surface area contributed by atoms with Crippen LogP contribution in [0.4, 0.5) is 5.69 Å². The molecule has 1 aliphatic heterocycles. The zero-order valence-corrected chi connectivity index (χ0v) is 12.4. The molecule has 0 saturated heterocycles. The van der Waals surface area contributed by atoms with Crippen LogP contribution in [0.25, 0.3) is 0 Å². The van der Waals surface area contributed by atoms with Crippen LogP contribution in [0.1, 0.15) is 40.2 Å². The molecule has 2 heteroatoms. The monoisotopic (exact) mass is 249 g/mol. The highest BCUT2D eigenvalue weighted by Crippen LogP contribution is 2.42. The fraction of sp³-hybridized carbons (Fsp3) is 0.625. The first-order valence-corrected chi connectivity index (χ1v) is 7.12. The minimum atomic E-state index is 0.145. The molecule has 1 heterocycles. The molecule has 2 rings (SSSR count). The van der Waals surface area contributed by atoms with Crippen molar-refractivity contribution in [3.8, 4) is 0 Å². The maximum atomic E-state index is 5.70. The first-order chi connectivity index (χ1) is 8.70. The molecule has 2 nitrogen and oxygen atoms in total. The van der Waals surface area contributed by atoms with E-state index in [-0.39, 0.29) is 5.41 Å². The van der Waals surface area contributed by atoms with E-state index in [1.54, 1.807) is 0 Å². The Morgan fingerprint density at radius 2 is 1.94 bits per heavy atom. The minimum Gasteiger partial charge on any atom is -0.384 e. The van der Waals surface area contributed by atoms with E-state index < -0.39 is 0 Å². The minimum absolute atomic E-state index is 0.145. The second kappa shape index (κ2) is 6.79. The number of rotatable bonds is 4. The molecule has 0 saturated carbocycles. The first kappa shape index (κ1) is 15.0. The zero-order chi connectivity index (χ0) is 13.6. The molecule has 0 aliphatic carbocycles. The van der Waals surface area contributed by atoms with Crippen molar-refractivity contribution in [2.24, 2.45) is 5.92 Å². The summed E-state index contributed by atoms with van der Waals surface area (Å²) in [6.45, 7) is 13.2. The lowest BCUT2D eigenvalue weighted by molar-refractivity contribution is 0.0784. The second-order valence-corrected chi connectivity index (χ2v) is 4.85. The average molecular weight is 249 g/mol. The summed E-state index contributed by atoms with van der Waals surface area (Å²) in [6, 6.07) is 8.59. The van der Waals surface area contributed by atoms with E-state index >= 15 is 0 Å². The third-order valence-electron chi connectivity index (χ3n) is 3.73. The number of ether oxygens (including phenoxy) is 1. The van der Waals surface area contributed by atoms with Gasteiger partial charge in [-0.05, 0) is 24.5 Å². The number of nitrogens with one attached hydrogen (secondary N) is 1. The van der Waals surface area contributed by atoms with Crippen LogP contribution >= 0.6 is 0 Å².